The number of amides is 3. The Morgan fingerprint density at radius 1 is 1.26 bits per heavy atom. The molecule has 9 heteroatoms. The highest BCUT2D eigenvalue weighted by Gasteiger charge is 2.37. The zero-order chi connectivity index (χ0) is 22.5. The quantitative estimate of drug-likeness (QED) is 0.478. The molecule has 0 unspecified atom stereocenters. The van der Waals surface area contributed by atoms with Crippen LogP contribution in [0.25, 0.3) is 0 Å². The van der Waals surface area contributed by atoms with Gasteiger partial charge >= 0.3 is 0 Å². The second-order valence-corrected chi connectivity index (χ2v) is 8.44. The molecule has 1 aromatic carbocycles. The molecule has 6 N–H and O–H groups in total. The van der Waals surface area contributed by atoms with E-state index in [4.69, 9.17) is 11.5 Å². The fourth-order valence-electron chi connectivity index (χ4n) is 3.91. The third-order valence-electron chi connectivity index (χ3n) is 5.51. The van der Waals surface area contributed by atoms with Crippen molar-refractivity contribution in [3.63, 3.8) is 0 Å². The number of aromatic nitrogens is 2. The maximum absolute atomic E-state index is 13.5. The molecule has 0 saturated heterocycles. The van der Waals surface area contributed by atoms with Crippen molar-refractivity contribution in [2.75, 3.05) is 0 Å². The average molecular weight is 427 g/mol. The van der Waals surface area contributed by atoms with Crippen molar-refractivity contribution in [1.29, 1.82) is 0 Å². The maximum Gasteiger partial charge on any atom is 0.246 e. The number of H-pyrrole nitrogens is 1. The number of nitrogens with one attached hydrogen (secondary N) is 2. The highest BCUT2D eigenvalue weighted by molar-refractivity contribution is 5.93. The molecule has 2 aromatic rings. The van der Waals surface area contributed by atoms with Crippen molar-refractivity contribution in [2.24, 2.45) is 17.4 Å². The first-order valence-corrected chi connectivity index (χ1v) is 10.5. The van der Waals surface area contributed by atoms with Gasteiger partial charge in [0.15, 0.2) is 0 Å². The monoisotopic (exact) mass is 426 g/mol. The van der Waals surface area contributed by atoms with Gasteiger partial charge in [-0.05, 0) is 23.5 Å². The van der Waals surface area contributed by atoms with Gasteiger partial charge in [0, 0.05) is 31.3 Å². The molecule has 9 nitrogen and oxygen atoms in total. The van der Waals surface area contributed by atoms with Crippen LogP contribution in [0.5, 0.6) is 0 Å². The Labute approximate surface area is 181 Å². The number of primary amides is 1. The van der Waals surface area contributed by atoms with E-state index in [1.165, 1.54) is 11.2 Å². The molecular weight excluding hydrogens is 396 g/mol. The van der Waals surface area contributed by atoms with Gasteiger partial charge in [0.2, 0.25) is 17.7 Å². The van der Waals surface area contributed by atoms with Gasteiger partial charge in [-0.1, -0.05) is 38.1 Å². The van der Waals surface area contributed by atoms with E-state index in [9.17, 15) is 14.4 Å². The Kier molecular flexibility index (Phi) is 7.06. The van der Waals surface area contributed by atoms with E-state index in [1.54, 1.807) is 6.20 Å². The molecule has 2 heterocycles. The van der Waals surface area contributed by atoms with Crippen molar-refractivity contribution in [2.45, 2.75) is 57.8 Å². The number of fused-ring (bicyclic) bond motifs is 1. The van der Waals surface area contributed by atoms with Gasteiger partial charge in [-0.3, -0.25) is 14.4 Å². The molecular formula is C22H30N6O3. The van der Waals surface area contributed by atoms with Crippen LogP contribution in [-0.2, 0) is 33.8 Å². The highest BCUT2D eigenvalue weighted by Crippen LogP contribution is 2.25. The summed E-state index contributed by atoms with van der Waals surface area (Å²) in [7, 11) is 0. The number of carbonyl (C=O) groups is 3. The van der Waals surface area contributed by atoms with Crippen LogP contribution in [0.4, 0.5) is 0 Å². The summed E-state index contributed by atoms with van der Waals surface area (Å²) >= 11 is 0. The normalized spacial score (nSPS) is 17.7. The summed E-state index contributed by atoms with van der Waals surface area (Å²) in [6.45, 7) is 4.20. The van der Waals surface area contributed by atoms with Gasteiger partial charge in [-0.25, -0.2) is 4.98 Å². The zero-order valence-electron chi connectivity index (χ0n) is 17.9. The molecule has 0 spiro atoms. The van der Waals surface area contributed by atoms with Crippen molar-refractivity contribution in [3.8, 4) is 0 Å². The maximum atomic E-state index is 13.5. The van der Waals surface area contributed by atoms with Gasteiger partial charge in [-0.15, -0.1) is 0 Å². The van der Waals surface area contributed by atoms with Crippen LogP contribution in [0, 0.1) is 5.92 Å². The van der Waals surface area contributed by atoms with Gasteiger partial charge in [0.05, 0.1) is 12.4 Å². The van der Waals surface area contributed by atoms with Gasteiger partial charge in [0.25, 0.3) is 0 Å². The minimum Gasteiger partial charge on any atom is -0.368 e. The van der Waals surface area contributed by atoms with Crippen LogP contribution in [0.1, 0.15) is 37.1 Å². The zero-order valence-corrected chi connectivity index (χ0v) is 17.9. The summed E-state index contributed by atoms with van der Waals surface area (Å²) in [6.07, 6.45) is 4.18. The number of hydrogen-bond acceptors (Lipinski definition) is 5. The number of rotatable bonds is 8. The average Bonchev–Trinajstić information content (AvgIpc) is 3.24. The third kappa shape index (κ3) is 5.49. The van der Waals surface area contributed by atoms with Gasteiger partial charge < -0.3 is 26.7 Å². The SMILES string of the molecule is CC(C)C[C@H](NC(=O)[C@@H](N)Cc1cnc[nH]1)C(=O)N1Cc2ccccc2C[C@@H]1C(N)=O. The lowest BCUT2D eigenvalue weighted by Gasteiger charge is -2.37. The molecule has 3 rings (SSSR count). The first-order valence-electron chi connectivity index (χ1n) is 10.5. The van der Waals surface area contributed by atoms with E-state index in [2.05, 4.69) is 15.3 Å². The predicted octanol–water partition coefficient (Wildman–Crippen LogP) is 0.249. The van der Waals surface area contributed by atoms with Crippen LogP contribution in [0.3, 0.4) is 0 Å². The summed E-state index contributed by atoms with van der Waals surface area (Å²) in [6, 6.07) is 5.28. The van der Waals surface area contributed by atoms with E-state index >= 15 is 0 Å². The topological polar surface area (TPSA) is 147 Å². The van der Waals surface area contributed by atoms with Crippen LogP contribution in [0.2, 0.25) is 0 Å². The molecule has 1 aromatic heterocycles. The number of aromatic amines is 1. The molecule has 31 heavy (non-hydrogen) atoms. The summed E-state index contributed by atoms with van der Waals surface area (Å²) in [5.74, 6) is -1.17. The Balaban J connectivity index is 1.78. The molecule has 1 aliphatic heterocycles. The van der Waals surface area contributed by atoms with E-state index in [-0.39, 0.29) is 24.8 Å². The molecule has 166 valence electrons. The standard InChI is InChI=1S/C22H30N6O3/c1-13(2)7-18(27-21(30)17(23)9-16-10-25-12-26-16)22(31)28-11-15-6-4-3-5-14(15)8-19(28)20(24)29/h3-6,10,12-13,17-19H,7-9,11,23H2,1-2H3,(H2,24,29)(H,25,26)(H,27,30)/t17-,18-,19+/m0/s1. The number of hydrogen-bond donors (Lipinski definition) is 4. The molecule has 3 atom stereocenters. The molecule has 0 saturated carbocycles. The first-order chi connectivity index (χ1) is 14.8. The molecule has 0 radical (unpaired) electrons. The van der Waals surface area contributed by atoms with Crippen molar-refractivity contribution in [3.05, 3.63) is 53.6 Å². The summed E-state index contributed by atoms with van der Waals surface area (Å²) in [5, 5.41) is 2.80. The summed E-state index contributed by atoms with van der Waals surface area (Å²) in [5.41, 5.74) is 14.4. The van der Waals surface area contributed by atoms with E-state index < -0.39 is 29.9 Å². The van der Waals surface area contributed by atoms with Crippen molar-refractivity contribution < 1.29 is 14.4 Å². The molecule has 1 aliphatic rings. The third-order valence-corrected chi connectivity index (χ3v) is 5.51. The lowest BCUT2D eigenvalue weighted by molar-refractivity contribution is -0.144. The van der Waals surface area contributed by atoms with Crippen LogP contribution in [0.15, 0.2) is 36.8 Å². The Morgan fingerprint density at radius 2 is 1.97 bits per heavy atom. The van der Waals surface area contributed by atoms with Crippen molar-refractivity contribution in [1.82, 2.24) is 20.2 Å². The largest absolute Gasteiger partial charge is 0.368 e. The van der Waals surface area contributed by atoms with E-state index in [0.29, 0.717) is 12.8 Å². The predicted molar refractivity (Wildman–Crippen MR) is 115 cm³/mol. The lowest BCUT2D eigenvalue weighted by atomic mass is 9.92. The van der Waals surface area contributed by atoms with Crippen LogP contribution >= 0.6 is 0 Å². The Hall–Kier alpha value is -3.20. The first kappa shape index (κ1) is 22.5. The minimum atomic E-state index is -0.836. The number of carbonyl (C=O) groups excluding carboxylic acids is 3. The van der Waals surface area contributed by atoms with Gasteiger partial charge in [0.1, 0.15) is 12.1 Å². The van der Waals surface area contributed by atoms with Crippen LogP contribution < -0.4 is 16.8 Å². The smallest absolute Gasteiger partial charge is 0.246 e. The molecule has 0 bridgehead atoms. The second-order valence-electron chi connectivity index (χ2n) is 8.44. The number of imidazole rings is 1. The molecule has 3 amide bonds. The summed E-state index contributed by atoms with van der Waals surface area (Å²) < 4.78 is 0. The summed E-state index contributed by atoms with van der Waals surface area (Å²) in [4.78, 5) is 46.7. The van der Waals surface area contributed by atoms with Crippen LogP contribution in [-0.4, -0.2) is 50.7 Å². The van der Waals surface area contributed by atoms with E-state index in [1.807, 2.05) is 38.1 Å². The van der Waals surface area contributed by atoms with Gasteiger partial charge in [-0.2, -0.15) is 0 Å². The van der Waals surface area contributed by atoms with E-state index in [0.717, 1.165) is 16.8 Å². The number of nitrogens with two attached hydrogens (primary N) is 2. The second kappa shape index (κ2) is 9.74. The highest BCUT2D eigenvalue weighted by atomic mass is 16.2. The fraction of sp³-hybridized carbons (Fsp3) is 0.455. The number of benzene rings is 1. The number of nitrogens with zero attached hydrogens (tertiary/aromatic N) is 2. The Morgan fingerprint density at radius 3 is 2.58 bits per heavy atom. The Bertz CT molecular complexity index is 927. The van der Waals surface area contributed by atoms with Crippen molar-refractivity contribution >= 4 is 17.7 Å². The fourth-order valence-corrected chi connectivity index (χ4v) is 3.91. The molecule has 0 fully saturated rings. The minimum absolute atomic E-state index is 0.141. The lowest BCUT2D eigenvalue weighted by Crippen LogP contribution is -2.58. The molecule has 0 aliphatic carbocycles.